The Morgan fingerprint density at radius 2 is 1.88 bits per heavy atom. The smallest absolute Gasteiger partial charge is 0.310 e. The zero-order chi connectivity index (χ0) is 17.6. The van der Waals surface area contributed by atoms with Gasteiger partial charge in [0.2, 0.25) is 0 Å². The molecule has 1 aromatic carbocycles. The zero-order valence-electron chi connectivity index (χ0n) is 14.4. The number of nitrogens with zero attached hydrogens (tertiary/aromatic N) is 3. The van der Waals surface area contributed by atoms with Gasteiger partial charge in [0.25, 0.3) is 0 Å². The van der Waals surface area contributed by atoms with E-state index in [1.807, 2.05) is 36.5 Å². The predicted molar refractivity (Wildman–Crippen MR) is 107 cm³/mol. The summed E-state index contributed by atoms with van der Waals surface area (Å²) in [6, 6.07) is 15.3. The van der Waals surface area contributed by atoms with E-state index in [-0.39, 0.29) is 8.80 Å². The summed E-state index contributed by atoms with van der Waals surface area (Å²) in [5, 5.41) is 0. The highest BCUT2D eigenvalue weighted by molar-refractivity contribution is 9.10. The van der Waals surface area contributed by atoms with E-state index < -0.39 is 0 Å². The minimum atomic E-state index is -0.257. The Bertz CT molecular complexity index is 803. The topological polar surface area (TPSA) is 39.9 Å². The molecule has 0 aliphatic heterocycles. The third kappa shape index (κ3) is 4.87. The second kappa shape index (κ2) is 8.56. The lowest BCUT2D eigenvalue weighted by Gasteiger charge is -2.07. The van der Waals surface area contributed by atoms with E-state index in [0.717, 1.165) is 39.9 Å². The first-order valence-electron chi connectivity index (χ1n) is 8.25. The Kier molecular flexibility index (Phi) is 6.17. The van der Waals surface area contributed by atoms with Crippen molar-refractivity contribution < 1.29 is 4.74 Å². The van der Waals surface area contributed by atoms with E-state index >= 15 is 0 Å². The molecule has 0 aliphatic rings. The highest BCUT2D eigenvalue weighted by atomic mass is 79.9. The van der Waals surface area contributed by atoms with Crippen molar-refractivity contribution in [2.75, 3.05) is 6.61 Å². The van der Waals surface area contributed by atoms with Crippen LogP contribution in [0.1, 0.15) is 0 Å². The van der Waals surface area contributed by atoms with Crippen LogP contribution in [0, 0.1) is 0 Å². The van der Waals surface area contributed by atoms with Crippen molar-refractivity contribution in [2.45, 2.75) is 25.9 Å². The van der Waals surface area contributed by atoms with Gasteiger partial charge in [0.1, 0.15) is 17.2 Å². The molecular weight excluding hydrogens is 394 g/mol. The molecule has 0 saturated carbocycles. The molecule has 0 atom stereocenters. The molecule has 6 heteroatoms. The Morgan fingerprint density at radius 3 is 2.56 bits per heavy atom. The largest absolute Gasteiger partial charge is 0.358 e. The van der Waals surface area contributed by atoms with Crippen LogP contribution in [-0.4, -0.2) is 29.9 Å². The molecule has 0 radical (unpaired) electrons. The molecule has 0 N–H and O–H groups in total. The van der Waals surface area contributed by atoms with Crippen LogP contribution in [0.15, 0.2) is 59.5 Å². The molecule has 0 fully saturated rings. The van der Waals surface area contributed by atoms with Crippen LogP contribution in [0.4, 0.5) is 0 Å². The predicted octanol–water partition coefficient (Wildman–Crippen LogP) is 5.10. The molecule has 128 valence electrons. The van der Waals surface area contributed by atoms with E-state index in [9.17, 15) is 0 Å². The van der Waals surface area contributed by atoms with E-state index in [1.165, 1.54) is 0 Å². The van der Waals surface area contributed by atoms with Gasteiger partial charge in [-0.15, -0.1) is 0 Å². The van der Waals surface area contributed by atoms with Crippen LogP contribution in [0.5, 0.6) is 0 Å². The average Bonchev–Trinajstić information content (AvgIpc) is 3.04. The fourth-order valence-corrected chi connectivity index (χ4v) is 3.23. The van der Waals surface area contributed by atoms with E-state index in [0.29, 0.717) is 6.73 Å². The molecular formula is C19H21BrN3OSi+. The van der Waals surface area contributed by atoms with Gasteiger partial charge in [0.15, 0.2) is 0 Å². The van der Waals surface area contributed by atoms with Crippen molar-refractivity contribution in [1.29, 1.82) is 0 Å². The van der Waals surface area contributed by atoms with Gasteiger partial charge in [-0.25, -0.2) is 9.97 Å². The van der Waals surface area contributed by atoms with Crippen LogP contribution >= 0.6 is 15.9 Å². The number of hydrogen-bond acceptors (Lipinski definition) is 3. The van der Waals surface area contributed by atoms with Gasteiger partial charge >= 0.3 is 8.80 Å². The Balaban J connectivity index is 1.88. The van der Waals surface area contributed by atoms with E-state index in [4.69, 9.17) is 9.72 Å². The summed E-state index contributed by atoms with van der Waals surface area (Å²) in [5.41, 5.74) is 3.02. The van der Waals surface area contributed by atoms with Gasteiger partial charge in [-0.3, -0.25) is 0 Å². The number of hydrogen-bond donors (Lipinski definition) is 0. The van der Waals surface area contributed by atoms with Crippen molar-refractivity contribution in [2.24, 2.45) is 0 Å². The van der Waals surface area contributed by atoms with Crippen molar-refractivity contribution in [3.63, 3.8) is 0 Å². The van der Waals surface area contributed by atoms with Gasteiger partial charge in [0.05, 0.1) is 31.4 Å². The van der Waals surface area contributed by atoms with Gasteiger partial charge < -0.3 is 9.30 Å². The maximum absolute atomic E-state index is 5.88. The van der Waals surface area contributed by atoms with Crippen LogP contribution in [-0.2, 0) is 11.5 Å². The van der Waals surface area contributed by atoms with Crippen molar-refractivity contribution >= 4 is 24.7 Å². The maximum atomic E-state index is 5.88. The lowest BCUT2D eigenvalue weighted by atomic mass is 10.2. The fraction of sp³-hybridized carbons (Fsp3) is 0.263. The number of rotatable bonds is 7. The van der Waals surface area contributed by atoms with E-state index in [2.05, 4.69) is 56.9 Å². The Hall–Kier alpha value is -1.76. The second-order valence-corrected chi connectivity index (χ2v) is 9.88. The minimum absolute atomic E-state index is 0.257. The minimum Gasteiger partial charge on any atom is -0.358 e. The number of pyridine rings is 1. The van der Waals surface area contributed by atoms with Gasteiger partial charge in [-0.05, 0) is 28.1 Å². The second-order valence-electron chi connectivity index (χ2n) is 6.15. The van der Waals surface area contributed by atoms with Crippen molar-refractivity contribution in [1.82, 2.24) is 14.5 Å². The van der Waals surface area contributed by atoms with Crippen LogP contribution in [0.2, 0.25) is 19.1 Å². The SMILES string of the molecule is C[Si+](C)CCOCn1cc(-c2ccccc2)nc1-c1ccc(Br)nc1. The molecule has 0 spiro atoms. The molecule has 0 saturated heterocycles. The molecule has 0 amide bonds. The Morgan fingerprint density at radius 1 is 1.08 bits per heavy atom. The van der Waals surface area contributed by atoms with Gasteiger partial charge in [-0.1, -0.05) is 30.3 Å². The van der Waals surface area contributed by atoms with Crippen LogP contribution in [0.3, 0.4) is 0 Å². The van der Waals surface area contributed by atoms with Crippen LogP contribution in [0.25, 0.3) is 22.6 Å². The molecule has 0 unspecified atom stereocenters. The fourth-order valence-electron chi connectivity index (χ4n) is 2.44. The third-order valence-corrected chi connectivity index (χ3v) is 5.48. The Labute approximate surface area is 158 Å². The number of imidazole rings is 1. The highest BCUT2D eigenvalue weighted by Gasteiger charge is 2.14. The standard InChI is InChI=1S/C19H21BrN3OSi/c1-25(2)11-10-24-14-23-13-17(15-6-4-3-5-7-15)22-19(23)16-8-9-18(20)21-12-16/h3-9,12-13H,10-11,14H2,1-2H3/q+1. The maximum Gasteiger partial charge on any atom is 0.310 e. The summed E-state index contributed by atoms with van der Waals surface area (Å²) in [5.74, 6) is 0.873. The molecule has 2 aromatic heterocycles. The normalized spacial score (nSPS) is 10.8. The summed E-state index contributed by atoms with van der Waals surface area (Å²) in [7, 11) is -0.257. The monoisotopic (exact) mass is 414 g/mol. The first-order valence-corrected chi connectivity index (χ1v) is 11.7. The van der Waals surface area contributed by atoms with Gasteiger partial charge in [-0.2, -0.15) is 0 Å². The van der Waals surface area contributed by atoms with E-state index in [1.54, 1.807) is 0 Å². The lowest BCUT2D eigenvalue weighted by molar-refractivity contribution is 0.0886. The number of benzene rings is 1. The molecule has 3 rings (SSSR count). The average molecular weight is 415 g/mol. The molecule has 0 bridgehead atoms. The van der Waals surface area contributed by atoms with Gasteiger partial charge in [0, 0.05) is 23.5 Å². The number of aromatic nitrogens is 3. The molecule has 25 heavy (non-hydrogen) atoms. The quantitative estimate of drug-likeness (QED) is 0.306. The molecule has 4 nitrogen and oxygen atoms in total. The molecule has 0 aliphatic carbocycles. The number of ether oxygens (including phenoxy) is 1. The molecule has 2 heterocycles. The molecule has 3 aromatic rings. The summed E-state index contributed by atoms with van der Waals surface area (Å²) >= 11 is 3.38. The summed E-state index contributed by atoms with van der Waals surface area (Å²) in [6.07, 6.45) is 3.88. The summed E-state index contributed by atoms with van der Waals surface area (Å²) in [4.78, 5) is 9.15. The first kappa shape index (κ1) is 18.0. The van der Waals surface area contributed by atoms with Crippen molar-refractivity contribution in [3.8, 4) is 22.6 Å². The number of halogens is 1. The van der Waals surface area contributed by atoms with Crippen molar-refractivity contribution in [3.05, 3.63) is 59.5 Å². The lowest BCUT2D eigenvalue weighted by Crippen LogP contribution is -2.09. The summed E-state index contributed by atoms with van der Waals surface area (Å²) < 4.78 is 8.76. The third-order valence-electron chi connectivity index (χ3n) is 3.81. The summed E-state index contributed by atoms with van der Waals surface area (Å²) in [6.45, 7) is 5.90. The van der Waals surface area contributed by atoms with Crippen LogP contribution < -0.4 is 0 Å². The first-order chi connectivity index (χ1) is 12.1. The zero-order valence-corrected chi connectivity index (χ0v) is 17.0. The highest BCUT2D eigenvalue weighted by Crippen LogP contribution is 2.25.